The van der Waals surface area contributed by atoms with Crippen LogP contribution in [0.3, 0.4) is 0 Å². The van der Waals surface area contributed by atoms with Gasteiger partial charge in [0, 0.05) is 4.47 Å². The molecule has 2 aliphatic carbocycles. The number of fused-ring (bicyclic) bond motifs is 1. The Balaban J connectivity index is 2.76. The summed E-state index contributed by atoms with van der Waals surface area (Å²) in [7, 11) is 0. The predicted octanol–water partition coefficient (Wildman–Crippen LogP) is 3.25. The molecule has 3 heteroatoms. The number of carbonyl (C=O) groups is 1. The van der Waals surface area contributed by atoms with E-state index in [1.165, 1.54) is 0 Å². The molecule has 0 saturated carbocycles. The second-order valence-corrected chi connectivity index (χ2v) is 3.80. The maximum absolute atomic E-state index is 10.9. The molecule has 0 atom stereocenters. The van der Waals surface area contributed by atoms with Gasteiger partial charge in [-0.25, -0.2) is 4.79 Å². The summed E-state index contributed by atoms with van der Waals surface area (Å²) < 4.78 is 0.820. The van der Waals surface area contributed by atoms with E-state index in [-0.39, 0.29) is 0 Å². The Labute approximate surface area is 89.7 Å². The van der Waals surface area contributed by atoms with Crippen molar-refractivity contribution in [1.29, 1.82) is 0 Å². The lowest BCUT2D eigenvalue weighted by molar-refractivity contribution is 0.0698. The first-order valence-corrected chi connectivity index (χ1v) is 4.90. The van der Waals surface area contributed by atoms with Crippen LogP contribution in [0.15, 0.2) is 40.9 Å². The van der Waals surface area contributed by atoms with Crippen molar-refractivity contribution in [2.24, 2.45) is 0 Å². The quantitative estimate of drug-likeness (QED) is 0.844. The van der Waals surface area contributed by atoms with E-state index in [0.29, 0.717) is 5.56 Å². The minimum atomic E-state index is -0.896. The van der Waals surface area contributed by atoms with Crippen LogP contribution in [0.1, 0.15) is 10.4 Å². The highest BCUT2D eigenvalue weighted by molar-refractivity contribution is 9.10. The van der Waals surface area contributed by atoms with Gasteiger partial charge in [0.2, 0.25) is 0 Å². The van der Waals surface area contributed by atoms with E-state index in [4.69, 9.17) is 5.11 Å². The molecule has 2 nitrogen and oxygen atoms in total. The molecule has 0 radical (unpaired) electrons. The summed E-state index contributed by atoms with van der Waals surface area (Å²) in [5.41, 5.74) is 2.02. The number of aromatic carboxylic acids is 1. The third kappa shape index (κ3) is 1.40. The number of carboxylic acid groups (broad SMARTS) is 1. The zero-order chi connectivity index (χ0) is 10.1. The Morgan fingerprint density at radius 3 is 2.43 bits per heavy atom. The van der Waals surface area contributed by atoms with Crippen molar-refractivity contribution in [3.63, 3.8) is 0 Å². The van der Waals surface area contributed by atoms with E-state index in [1.807, 2.05) is 30.3 Å². The largest absolute Gasteiger partial charge is 0.478 e. The van der Waals surface area contributed by atoms with E-state index in [9.17, 15) is 4.79 Å². The Bertz CT molecular complexity index is 465. The first-order valence-electron chi connectivity index (χ1n) is 4.10. The molecule has 0 aromatic carbocycles. The van der Waals surface area contributed by atoms with E-state index in [0.717, 1.165) is 15.6 Å². The summed E-state index contributed by atoms with van der Waals surface area (Å²) in [5.74, 6) is -0.896. The SMILES string of the molecule is O=C(O)c1cc(Br)c2cccccc1-2. The summed E-state index contributed by atoms with van der Waals surface area (Å²) in [5, 5.41) is 8.96. The van der Waals surface area contributed by atoms with Gasteiger partial charge in [-0.05, 0) is 17.2 Å². The van der Waals surface area contributed by atoms with Crippen LogP contribution in [0.2, 0.25) is 0 Å². The smallest absolute Gasteiger partial charge is 0.336 e. The standard InChI is InChI=1S/C11H7BrO2/c12-10-6-9(11(13)14)7-4-2-1-3-5-8(7)10/h1-6H,(H,13,14). The Morgan fingerprint density at radius 1 is 1.14 bits per heavy atom. The highest BCUT2D eigenvalue weighted by Gasteiger charge is 2.17. The third-order valence-electron chi connectivity index (χ3n) is 2.09. The van der Waals surface area contributed by atoms with Crippen LogP contribution in [0.25, 0.3) is 11.1 Å². The van der Waals surface area contributed by atoms with Crippen molar-refractivity contribution in [3.8, 4) is 11.1 Å². The van der Waals surface area contributed by atoms with Crippen LogP contribution in [0.4, 0.5) is 0 Å². The third-order valence-corrected chi connectivity index (χ3v) is 2.74. The molecule has 0 aromatic rings. The van der Waals surface area contributed by atoms with Crippen LogP contribution in [-0.2, 0) is 0 Å². The maximum atomic E-state index is 10.9. The molecular weight excluding hydrogens is 244 g/mol. The van der Waals surface area contributed by atoms with Crippen LogP contribution >= 0.6 is 15.9 Å². The molecule has 70 valence electrons. The van der Waals surface area contributed by atoms with Gasteiger partial charge in [0.15, 0.2) is 0 Å². The van der Waals surface area contributed by atoms with Crippen molar-refractivity contribution in [2.75, 3.05) is 0 Å². The molecule has 0 fully saturated rings. The van der Waals surface area contributed by atoms with Crippen LogP contribution in [0, 0.1) is 0 Å². The van der Waals surface area contributed by atoms with Crippen molar-refractivity contribution >= 4 is 21.9 Å². The summed E-state index contributed by atoms with van der Waals surface area (Å²) >= 11 is 3.34. The van der Waals surface area contributed by atoms with Gasteiger partial charge in [-0.1, -0.05) is 46.3 Å². The van der Waals surface area contributed by atoms with Gasteiger partial charge in [0.1, 0.15) is 0 Å². The minimum absolute atomic E-state index is 0.336. The van der Waals surface area contributed by atoms with Crippen LogP contribution in [-0.4, -0.2) is 11.1 Å². The monoisotopic (exact) mass is 250 g/mol. The van der Waals surface area contributed by atoms with E-state index in [1.54, 1.807) is 6.07 Å². The fourth-order valence-electron chi connectivity index (χ4n) is 1.45. The molecule has 1 N–H and O–H groups in total. The van der Waals surface area contributed by atoms with Gasteiger partial charge < -0.3 is 5.11 Å². The molecule has 2 aliphatic rings. The van der Waals surface area contributed by atoms with Crippen molar-refractivity contribution in [3.05, 3.63) is 46.4 Å². The lowest BCUT2D eigenvalue weighted by Crippen LogP contribution is -1.94. The molecular formula is C11H7BrO2. The van der Waals surface area contributed by atoms with Gasteiger partial charge in [-0.2, -0.15) is 0 Å². The summed E-state index contributed by atoms with van der Waals surface area (Å²) in [6, 6.07) is 10.9. The predicted molar refractivity (Wildman–Crippen MR) is 57.7 cm³/mol. The maximum Gasteiger partial charge on any atom is 0.336 e. The summed E-state index contributed by atoms with van der Waals surface area (Å²) in [4.78, 5) is 10.9. The Hall–Kier alpha value is -1.35. The fraction of sp³-hybridized carbons (Fsp3) is 0. The number of rotatable bonds is 1. The van der Waals surface area contributed by atoms with E-state index < -0.39 is 5.97 Å². The van der Waals surface area contributed by atoms with Gasteiger partial charge in [0.25, 0.3) is 0 Å². The Morgan fingerprint density at radius 2 is 1.79 bits per heavy atom. The summed E-state index contributed by atoms with van der Waals surface area (Å²) in [6.07, 6.45) is 0. The molecule has 0 amide bonds. The fourth-order valence-corrected chi connectivity index (χ4v) is 2.02. The molecule has 0 bridgehead atoms. The number of carboxylic acids is 1. The highest BCUT2D eigenvalue weighted by Crippen LogP contribution is 2.35. The van der Waals surface area contributed by atoms with E-state index >= 15 is 0 Å². The second-order valence-electron chi connectivity index (χ2n) is 2.95. The molecule has 0 unspecified atom stereocenters. The first kappa shape index (κ1) is 9.21. The van der Waals surface area contributed by atoms with Gasteiger partial charge in [-0.3, -0.25) is 0 Å². The first-order chi connectivity index (χ1) is 6.70. The van der Waals surface area contributed by atoms with Crippen LogP contribution in [0.5, 0.6) is 0 Å². The van der Waals surface area contributed by atoms with Crippen molar-refractivity contribution < 1.29 is 9.90 Å². The molecule has 0 aliphatic heterocycles. The number of hydrogen-bond acceptors (Lipinski definition) is 1. The average molecular weight is 251 g/mol. The summed E-state index contributed by atoms with van der Waals surface area (Å²) in [6.45, 7) is 0. The van der Waals surface area contributed by atoms with Gasteiger partial charge >= 0.3 is 5.97 Å². The number of halogens is 1. The molecule has 14 heavy (non-hydrogen) atoms. The molecule has 0 saturated heterocycles. The molecule has 0 heterocycles. The topological polar surface area (TPSA) is 37.3 Å². The van der Waals surface area contributed by atoms with E-state index in [2.05, 4.69) is 15.9 Å². The lowest BCUT2D eigenvalue weighted by Gasteiger charge is -1.94. The Kier molecular flexibility index (Phi) is 2.25. The van der Waals surface area contributed by atoms with Crippen LogP contribution < -0.4 is 0 Å². The van der Waals surface area contributed by atoms with Gasteiger partial charge in [0.05, 0.1) is 5.56 Å². The van der Waals surface area contributed by atoms with Crippen molar-refractivity contribution in [1.82, 2.24) is 0 Å². The zero-order valence-electron chi connectivity index (χ0n) is 7.20. The normalized spacial score (nSPS) is 10.4. The molecule has 0 spiro atoms. The van der Waals surface area contributed by atoms with Crippen molar-refractivity contribution in [2.45, 2.75) is 0 Å². The lowest BCUT2D eigenvalue weighted by atomic mass is 10.1. The number of hydrogen-bond donors (Lipinski definition) is 1. The van der Waals surface area contributed by atoms with Gasteiger partial charge in [-0.15, -0.1) is 0 Å². The zero-order valence-corrected chi connectivity index (χ0v) is 8.78. The highest BCUT2D eigenvalue weighted by atomic mass is 79.9. The minimum Gasteiger partial charge on any atom is -0.478 e. The average Bonchev–Trinajstić information content (AvgIpc) is 2.38. The molecule has 0 aromatic heterocycles. The molecule has 2 rings (SSSR count). The second kappa shape index (κ2) is 3.42.